The molecule has 1 spiro atoms. The zero-order chi connectivity index (χ0) is 23.8. The van der Waals surface area contributed by atoms with Crippen LogP contribution >= 0.6 is 0 Å². The van der Waals surface area contributed by atoms with Crippen molar-refractivity contribution in [3.63, 3.8) is 0 Å². The van der Waals surface area contributed by atoms with Crippen LogP contribution < -0.4 is 5.32 Å². The van der Waals surface area contributed by atoms with Gasteiger partial charge in [0.05, 0.1) is 23.2 Å². The number of piperidine rings is 1. The Hall–Kier alpha value is -2.87. The van der Waals surface area contributed by atoms with E-state index in [9.17, 15) is 22.8 Å². The van der Waals surface area contributed by atoms with Crippen molar-refractivity contribution in [2.75, 3.05) is 6.54 Å². The molecule has 33 heavy (non-hydrogen) atoms. The standard InChI is InChI=1S/C25H27F3N2O3/c1-16(18-4-6-19(7-5-18)23(32)33)29-22(31)21-14-24(10-11-24)12-13-30(21)15-17-2-8-20(9-3-17)25(26,27)28/h2-9,16,21H,10-15H2,1H3,(H,29,31)(H,32,33)/t16-,21?/m0/s1. The largest absolute Gasteiger partial charge is 0.478 e. The first-order chi connectivity index (χ1) is 15.6. The predicted octanol–water partition coefficient (Wildman–Crippen LogP) is 5.03. The molecule has 0 aromatic heterocycles. The molecule has 1 unspecified atom stereocenters. The Balaban J connectivity index is 1.45. The normalized spacial score (nSPS) is 20.9. The molecule has 0 bridgehead atoms. The minimum absolute atomic E-state index is 0.109. The molecule has 2 aromatic carbocycles. The summed E-state index contributed by atoms with van der Waals surface area (Å²) >= 11 is 0. The monoisotopic (exact) mass is 460 g/mol. The SMILES string of the molecule is C[C@H](NC(=O)C1CC2(CCN1Cc1ccc(C(F)(F)F)cc1)CC2)c1ccc(C(=O)O)cc1. The molecule has 2 N–H and O–H groups in total. The van der Waals surface area contributed by atoms with E-state index in [1.165, 1.54) is 24.3 Å². The number of nitrogens with zero attached hydrogens (tertiary/aromatic N) is 1. The van der Waals surface area contributed by atoms with Gasteiger partial charge in [-0.1, -0.05) is 24.3 Å². The number of carbonyl (C=O) groups is 2. The van der Waals surface area contributed by atoms with E-state index in [-0.39, 0.29) is 29.0 Å². The summed E-state index contributed by atoms with van der Waals surface area (Å²) in [7, 11) is 0. The smallest absolute Gasteiger partial charge is 0.416 e. The molecule has 4 rings (SSSR count). The van der Waals surface area contributed by atoms with Gasteiger partial charge in [-0.05, 0) is 80.0 Å². The quantitative estimate of drug-likeness (QED) is 0.635. The number of carboxylic acid groups (broad SMARTS) is 1. The second-order valence-electron chi connectivity index (χ2n) is 9.29. The molecule has 1 heterocycles. The average Bonchev–Trinajstić information content (AvgIpc) is 3.53. The molecule has 0 radical (unpaired) electrons. The molecule has 2 aliphatic rings. The lowest BCUT2D eigenvalue weighted by Gasteiger charge is -2.39. The average molecular weight is 460 g/mol. The molecule has 2 atom stereocenters. The van der Waals surface area contributed by atoms with E-state index in [0.29, 0.717) is 6.54 Å². The number of hydrogen-bond acceptors (Lipinski definition) is 3. The van der Waals surface area contributed by atoms with Crippen molar-refractivity contribution in [2.45, 2.75) is 57.4 Å². The van der Waals surface area contributed by atoms with Crippen molar-refractivity contribution >= 4 is 11.9 Å². The van der Waals surface area contributed by atoms with Crippen LogP contribution in [0, 0.1) is 5.41 Å². The van der Waals surface area contributed by atoms with Crippen LogP contribution in [0.1, 0.15) is 65.7 Å². The number of rotatable bonds is 6. The van der Waals surface area contributed by atoms with E-state index in [2.05, 4.69) is 10.2 Å². The molecule has 1 aliphatic heterocycles. The van der Waals surface area contributed by atoms with Crippen LogP contribution in [-0.2, 0) is 17.5 Å². The molecule has 8 heteroatoms. The first-order valence-electron chi connectivity index (χ1n) is 11.1. The van der Waals surface area contributed by atoms with Crippen LogP contribution in [0.25, 0.3) is 0 Å². The first-order valence-corrected chi connectivity index (χ1v) is 11.1. The highest BCUT2D eigenvalue weighted by Gasteiger charge is 2.49. The molecule has 176 valence electrons. The third-order valence-electron chi connectivity index (χ3n) is 6.94. The van der Waals surface area contributed by atoms with Crippen molar-refractivity contribution in [1.29, 1.82) is 0 Å². The summed E-state index contributed by atoms with van der Waals surface area (Å²) in [5.74, 6) is -1.11. The molecular weight excluding hydrogens is 433 g/mol. The number of alkyl halides is 3. The minimum Gasteiger partial charge on any atom is -0.478 e. The van der Waals surface area contributed by atoms with Gasteiger partial charge in [-0.2, -0.15) is 13.2 Å². The lowest BCUT2D eigenvalue weighted by atomic mass is 9.87. The molecule has 5 nitrogen and oxygen atoms in total. The van der Waals surface area contributed by atoms with Crippen molar-refractivity contribution in [2.24, 2.45) is 5.41 Å². The van der Waals surface area contributed by atoms with Gasteiger partial charge in [0, 0.05) is 6.54 Å². The van der Waals surface area contributed by atoms with Gasteiger partial charge < -0.3 is 10.4 Å². The molecule has 1 amide bonds. The summed E-state index contributed by atoms with van der Waals surface area (Å²) in [6.45, 7) is 2.98. The highest BCUT2D eigenvalue weighted by molar-refractivity contribution is 5.87. The zero-order valence-corrected chi connectivity index (χ0v) is 18.4. The van der Waals surface area contributed by atoms with Gasteiger partial charge in [0.2, 0.25) is 5.91 Å². The third kappa shape index (κ3) is 5.38. The summed E-state index contributed by atoms with van der Waals surface area (Å²) < 4.78 is 38.6. The number of halogens is 3. The van der Waals surface area contributed by atoms with Crippen LogP contribution in [-0.4, -0.2) is 34.5 Å². The second kappa shape index (κ2) is 8.82. The van der Waals surface area contributed by atoms with Crippen molar-refractivity contribution in [1.82, 2.24) is 10.2 Å². The Labute approximate surface area is 190 Å². The van der Waals surface area contributed by atoms with Crippen LogP contribution in [0.2, 0.25) is 0 Å². The van der Waals surface area contributed by atoms with E-state index in [4.69, 9.17) is 5.11 Å². The molecule has 1 saturated heterocycles. The lowest BCUT2D eigenvalue weighted by Crippen LogP contribution is -2.51. The van der Waals surface area contributed by atoms with E-state index >= 15 is 0 Å². The maximum absolute atomic E-state index is 13.3. The van der Waals surface area contributed by atoms with Crippen molar-refractivity contribution in [3.8, 4) is 0 Å². The summed E-state index contributed by atoms with van der Waals surface area (Å²) in [6, 6.07) is 10.9. The van der Waals surface area contributed by atoms with E-state index < -0.39 is 17.7 Å². The maximum atomic E-state index is 13.3. The maximum Gasteiger partial charge on any atom is 0.416 e. The number of benzene rings is 2. The number of aromatic carboxylic acids is 1. The fourth-order valence-corrected chi connectivity index (χ4v) is 4.60. The topological polar surface area (TPSA) is 69.6 Å². The van der Waals surface area contributed by atoms with Crippen molar-refractivity contribution in [3.05, 3.63) is 70.8 Å². The van der Waals surface area contributed by atoms with Crippen LogP contribution in [0.5, 0.6) is 0 Å². The zero-order valence-electron chi connectivity index (χ0n) is 18.4. The Morgan fingerprint density at radius 3 is 2.27 bits per heavy atom. The highest BCUT2D eigenvalue weighted by Crippen LogP contribution is 2.55. The van der Waals surface area contributed by atoms with Crippen molar-refractivity contribution < 1.29 is 27.9 Å². The number of carboxylic acids is 1. The third-order valence-corrected chi connectivity index (χ3v) is 6.94. The molecule has 2 aromatic rings. The van der Waals surface area contributed by atoms with Gasteiger partial charge in [-0.25, -0.2) is 4.79 Å². The Bertz CT molecular complexity index is 1010. The van der Waals surface area contributed by atoms with Gasteiger partial charge in [-0.3, -0.25) is 9.69 Å². The Morgan fingerprint density at radius 2 is 1.73 bits per heavy atom. The summed E-state index contributed by atoms with van der Waals surface area (Å²) in [6.07, 6.45) is -0.425. The number of hydrogen-bond donors (Lipinski definition) is 2. The van der Waals surface area contributed by atoms with Crippen LogP contribution in [0.4, 0.5) is 13.2 Å². The lowest BCUT2D eigenvalue weighted by molar-refractivity contribution is -0.137. The first kappa shape index (κ1) is 23.3. The molecule has 1 aliphatic carbocycles. The number of likely N-dealkylation sites (tertiary alicyclic amines) is 1. The van der Waals surface area contributed by atoms with E-state index in [1.807, 2.05) is 6.92 Å². The second-order valence-corrected chi connectivity index (χ2v) is 9.29. The fourth-order valence-electron chi connectivity index (χ4n) is 4.60. The predicted molar refractivity (Wildman–Crippen MR) is 117 cm³/mol. The molecule has 2 fully saturated rings. The Morgan fingerprint density at radius 1 is 1.09 bits per heavy atom. The summed E-state index contributed by atoms with van der Waals surface area (Å²) in [5, 5.41) is 12.1. The van der Waals surface area contributed by atoms with Gasteiger partial charge in [0.15, 0.2) is 0 Å². The molecular formula is C25H27F3N2O3. The van der Waals surface area contributed by atoms with Gasteiger partial charge in [-0.15, -0.1) is 0 Å². The number of amides is 1. The van der Waals surface area contributed by atoms with E-state index in [1.54, 1.807) is 12.1 Å². The minimum atomic E-state index is -4.37. The molecule has 1 saturated carbocycles. The highest BCUT2D eigenvalue weighted by atomic mass is 19.4. The number of carbonyl (C=O) groups excluding carboxylic acids is 1. The van der Waals surface area contributed by atoms with Crippen LogP contribution in [0.3, 0.4) is 0 Å². The fraction of sp³-hybridized carbons (Fsp3) is 0.440. The van der Waals surface area contributed by atoms with Gasteiger partial charge >= 0.3 is 12.1 Å². The van der Waals surface area contributed by atoms with Crippen LogP contribution in [0.15, 0.2) is 48.5 Å². The summed E-state index contributed by atoms with van der Waals surface area (Å²) in [5.41, 5.74) is 1.26. The van der Waals surface area contributed by atoms with E-state index in [0.717, 1.165) is 55.5 Å². The van der Waals surface area contributed by atoms with Gasteiger partial charge in [0.25, 0.3) is 0 Å². The van der Waals surface area contributed by atoms with Gasteiger partial charge in [0.1, 0.15) is 0 Å². The Kier molecular flexibility index (Phi) is 6.22. The number of nitrogens with one attached hydrogen (secondary N) is 1. The summed E-state index contributed by atoms with van der Waals surface area (Å²) in [4.78, 5) is 26.4.